The Bertz CT molecular complexity index is 1510. The highest BCUT2D eigenvalue weighted by atomic mass is 35.5. The minimum Gasteiger partial charge on any atom is -0.469 e. The summed E-state index contributed by atoms with van der Waals surface area (Å²) in [4.78, 5) is 46.1. The summed E-state index contributed by atoms with van der Waals surface area (Å²) in [6.45, 7) is 3.12. The lowest BCUT2D eigenvalue weighted by Crippen LogP contribution is -2.44. The number of aromatic nitrogens is 5. The van der Waals surface area contributed by atoms with E-state index >= 15 is 0 Å². The number of benzene rings is 2. The molecule has 0 saturated carbocycles. The van der Waals surface area contributed by atoms with Gasteiger partial charge in [0.05, 0.1) is 19.6 Å². The van der Waals surface area contributed by atoms with Crippen LogP contribution in [0.5, 0.6) is 11.8 Å². The van der Waals surface area contributed by atoms with Gasteiger partial charge in [-0.05, 0) is 47.1 Å². The third-order valence-electron chi connectivity index (χ3n) is 5.29. The number of anilines is 2. The van der Waals surface area contributed by atoms with Crippen molar-refractivity contribution >= 4 is 29.2 Å². The van der Waals surface area contributed by atoms with Gasteiger partial charge in [0.15, 0.2) is 0 Å². The van der Waals surface area contributed by atoms with Crippen LogP contribution in [0.2, 0.25) is 5.02 Å². The Morgan fingerprint density at radius 1 is 1.08 bits per heavy atom. The van der Waals surface area contributed by atoms with Crippen molar-refractivity contribution in [2.24, 2.45) is 5.92 Å². The average Bonchev–Trinajstić information content (AvgIpc) is 3.30. The van der Waals surface area contributed by atoms with Crippen molar-refractivity contribution in [2.45, 2.75) is 26.9 Å². The van der Waals surface area contributed by atoms with Crippen molar-refractivity contribution < 1.29 is 18.8 Å². The molecule has 0 aliphatic heterocycles. The number of nitrogens with zero attached hydrogens (tertiary/aromatic N) is 5. The van der Waals surface area contributed by atoms with E-state index in [2.05, 4.69) is 20.4 Å². The van der Waals surface area contributed by atoms with Gasteiger partial charge in [0.1, 0.15) is 5.75 Å². The Kier molecular flexibility index (Phi) is 7.68. The van der Waals surface area contributed by atoms with Crippen LogP contribution in [0.4, 0.5) is 11.6 Å². The number of hydrogen-bond donors (Lipinski definition) is 1. The number of hydrogen-bond acceptors (Lipinski definition) is 10. The highest BCUT2D eigenvalue weighted by Gasteiger charge is 2.20. The molecule has 1 N–H and O–H groups in total. The summed E-state index contributed by atoms with van der Waals surface area (Å²) >= 11 is 5.99. The van der Waals surface area contributed by atoms with E-state index in [1.807, 2.05) is 0 Å². The second kappa shape index (κ2) is 11.1. The van der Waals surface area contributed by atoms with E-state index in [-0.39, 0.29) is 25.0 Å². The number of aryl methyl sites for hydroxylation is 1. The number of ether oxygens (including phenoxy) is 2. The molecule has 4 aromatic rings. The first kappa shape index (κ1) is 25.6. The van der Waals surface area contributed by atoms with E-state index in [0.717, 1.165) is 10.1 Å². The summed E-state index contributed by atoms with van der Waals surface area (Å²) in [6.07, 6.45) is 0. The molecule has 1 atom stereocenters. The standard InChI is InChI=1S/C24H23ClN6O6/c1-14(20(32)35-3)12-31-23(33)28-21(30(24(31)34)13-16-4-6-17(25)7-5-16)27-18-8-10-19(11-9-18)36-22-26-15(2)37-29-22/h4-11,14H,12-13H2,1-3H3,(H,27,28,33)/t14-/m0/s1. The van der Waals surface area contributed by atoms with E-state index in [4.69, 9.17) is 25.6 Å². The molecular weight excluding hydrogens is 504 g/mol. The summed E-state index contributed by atoms with van der Waals surface area (Å²) in [5.74, 6) is -0.431. The zero-order valence-corrected chi connectivity index (χ0v) is 20.9. The van der Waals surface area contributed by atoms with Crippen LogP contribution >= 0.6 is 11.6 Å². The molecule has 2 heterocycles. The predicted octanol–water partition coefficient (Wildman–Crippen LogP) is 3.14. The Morgan fingerprint density at radius 2 is 1.78 bits per heavy atom. The van der Waals surface area contributed by atoms with Crippen molar-refractivity contribution in [1.82, 2.24) is 24.3 Å². The lowest BCUT2D eigenvalue weighted by atomic mass is 10.2. The minimum atomic E-state index is -0.803. The van der Waals surface area contributed by atoms with Crippen LogP contribution in [0.3, 0.4) is 0 Å². The van der Waals surface area contributed by atoms with Gasteiger partial charge in [0.2, 0.25) is 11.8 Å². The van der Waals surface area contributed by atoms with Crippen molar-refractivity contribution in [3.8, 4) is 11.8 Å². The maximum atomic E-state index is 13.4. The number of halogens is 1. The molecule has 0 amide bonds. The number of carbonyl (C=O) groups excluding carboxylic acids is 1. The first-order valence-electron chi connectivity index (χ1n) is 11.1. The van der Waals surface area contributed by atoms with Gasteiger partial charge in [-0.1, -0.05) is 30.7 Å². The van der Waals surface area contributed by atoms with Crippen LogP contribution < -0.4 is 21.4 Å². The van der Waals surface area contributed by atoms with Crippen molar-refractivity contribution in [2.75, 3.05) is 12.4 Å². The van der Waals surface area contributed by atoms with Gasteiger partial charge in [-0.2, -0.15) is 9.97 Å². The molecule has 0 bridgehead atoms. The molecular formula is C24H23ClN6O6. The topological polar surface area (TPSA) is 143 Å². The van der Waals surface area contributed by atoms with Crippen LogP contribution in [-0.2, 0) is 22.6 Å². The van der Waals surface area contributed by atoms with Gasteiger partial charge in [-0.25, -0.2) is 14.2 Å². The van der Waals surface area contributed by atoms with Crippen molar-refractivity contribution in [3.63, 3.8) is 0 Å². The van der Waals surface area contributed by atoms with E-state index < -0.39 is 23.3 Å². The highest BCUT2D eigenvalue weighted by molar-refractivity contribution is 6.30. The Balaban J connectivity index is 1.66. The summed E-state index contributed by atoms with van der Waals surface area (Å²) in [5, 5.41) is 7.23. The summed E-state index contributed by atoms with van der Waals surface area (Å²) in [6, 6.07) is 13.6. The van der Waals surface area contributed by atoms with Crippen LogP contribution in [0.25, 0.3) is 0 Å². The Labute approximate surface area is 215 Å². The van der Waals surface area contributed by atoms with E-state index in [1.54, 1.807) is 62.4 Å². The van der Waals surface area contributed by atoms with E-state index in [9.17, 15) is 14.4 Å². The molecule has 0 radical (unpaired) electrons. The first-order chi connectivity index (χ1) is 17.7. The first-order valence-corrected chi connectivity index (χ1v) is 11.5. The normalized spacial score (nSPS) is 11.7. The van der Waals surface area contributed by atoms with Crippen LogP contribution in [0, 0.1) is 12.8 Å². The minimum absolute atomic E-state index is 0.0226. The Morgan fingerprint density at radius 3 is 2.41 bits per heavy atom. The molecule has 12 nitrogen and oxygen atoms in total. The molecule has 2 aromatic heterocycles. The SMILES string of the molecule is COC(=O)[C@@H](C)Cn1c(=O)nc(Nc2ccc(Oc3noc(C)n3)cc2)n(Cc2ccc(Cl)cc2)c1=O. The van der Waals surface area contributed by atoms with Crippen LogP contribution in [0.1, 0.15) is 18.4 Å². The quantitative estimate of drug-likeness (QED) is 0.323. The van der Waals surface area contributed by atoms with Crippen LogP contribution in [0.15, 0.2) is 62.6 Å². The Hall–Kier alpha value is -4.45. The molecule has 0 aliphatic rings. The fourth-order valence-corrected chi connectivity index (χ4v) is 3.53. The number of carbonyl (C=O) groups is 1. The van der Waals surface area contributed by atoms with Gasteiger partial charge < -0.3 is 19.3 Å². The monoisotopic (exact) mass is 526 g/mol. The van der Waals surface area contributed by atoms with Crippen molar-refractivity contribution in [3.05, 3.63) is 86.0 Å². The van der Waals surface area contributed by atoms with E-state index in [0.29, 0.717) is 22.4 Å². The molecule has 37 heavy (non-hydrogen) atoms. The van der Waals surface area contributed by atoms with Crippen molar-refractivity contribution in [1.29, 1.82) is 0 Å². The lowest BCUT2D eigenvalue weighted by molar-refractivity contribution is -0.145. The third-order valence-corrected chi connectivity index (χ3v) is 5.54. The fourth-order valence-electron chi connectivity index (χ4n) is 3.41. The summed E-state index contributed by atoms with van der Waals surface area (Å²) in [7, 11) is 1.24. The summed E-state index contributed by atoms with van der Waals surface area (Å²) in [5.41, 5.74) is -0.154. The third kappa shape index (κ3) is 6.22. The van der Waals surface area contributed by atoms with Gasteiger partial charge in [-0.15, -0.1) is 0 Å². The number of esters is 1. The highest BCUT2D eigenvalue weighted by Crippen LogP contribution is 2.22. The zero-order chi connectivity index (χ0) is 26.5. The van der Waals surface area contributed by atoms with Gasteiger partial charge in [0, 0.05) is 24.2 Å². The molecule has 2 aromatic carbocycles. The average molecular weight is 527 g/mol. The fraction of sp³-hybridized carbons (Fsp3) is 0.250. The smallest absolute Gasteiger partial charge is 0.359 e. The molecule has 192 valence electrons. The van der Waals surface area contributed by atoms with Gasteiger partial charge in [0.25, 0.3) is 0 Å². The van der Waals surface area contributed by atoms with Crippen LogP contribution in [-0.4, -0.2) is 37.3 Å². The number of nitrogens with one attached hydrogen (secondary N) is 1. The molecule has 0 fully saturated rings. The lowest BCUT2D eigenvalue weighted by Gasteiger charge is -2.17. The molecule has 0 spiro atoms. The predicted molar refractivity (Wildman–Crippen MR) is 133 cm³/mol. The molecule has 0 unspecified atom stereocenters. The second-order valence-electron chi connectivity index (χ2n) is 8.10. The second-order valence-corrected chi connectivity index (χ2v) is 8.53. The molecule has 4 rings (SSSR count). The zero-order valence-electron chi connectivity index (χ0n) is 20.2. The van der Waals surface area contributed by atoms with Gasteiger partial charge >= 0.3 is 23.4 Å². The molecule has 0 saturated heterocycles. The number of methoxy groups -OCH3 is 1. The van der Waals surface area contributed by atoms with Gasteiger partial charge in [-0.3, -0.25) is 9.36 Å². The maximum Gasteiger partial charge on any atom is 0.359 e. The largest absolute Gasteiger partial charge is 0.469 e. The summed E-state index contributed by atoms with van der Waals surface area (Å²) < 4.78 is 17.3. The number of rotatable bonds is 9. The van der Waals surface area contributed by atoms with E-state index in [1.165, 1.54) is 11.7 Å². The maximum absolute atomic E-state index is 13.4. The molecule has 13 heteroatoms. The molecule has 0 aliphatic carbocycles.